The van der Waals surface area contributed by atoms with Crippen molar-refractivity contribution in [2.75, 3.05) is 5.01 Å². The van der Waals surface area contributed by atoms with Crippen LogP contribution in [0.25, 0.3) is 17.4 Å². The molecule has 0 spiro atoms. The Kier molecular flexibility index (Phi) is 4.72. The number of halogens is 1. The van der Waals surface area contributed by atoms with E-state index in [1.165, 1.54) is 36.4 Å². The first-order valence-corrected chi connectivity index (χ1v) is 8.91. The number of hydrazine groups is 1. The molecule has 150 valence electrons. The number of amides is 2. The van der Waals surface area contributed by atoms with E-state index in [1.807, 2.05) is 0 Å². The number of rotatable bonds is 4. The maximum atomic E-state index is 12.7. The van der Waals surface area contributed by atoms with Crippen LogP contribution in [0.15, 0.2) is 64.6 Å². The summed E-state index contributed by atoms with van der Waals surface area (Å²) in [6, 6.07) is 12.9. The molecule has 1 aromatic heterocycles. The lowest BCUT2D eigenvalue weighted by Crippen LogP contribution is -2.35. The van der Waals surface area contributed by atoms with E-state index < -0.39 is 16.7 Å². The summed E-state index contributed by atoms with van der Waals surface area (Å²) in [7, 11) is 0. The first-order valence-electron chi connectivity index (χ1n) is 8.54. The number of phenolic OH excluding ortho intramolecular Hbond substituents is 1. The van der Waals surface area contributed by atoms with Crippen LogP contribution in [-0.2, 0) is 9.59 Å². The summed E-state index contributed by atoms with van der Waals surface area (Å²) in [5.41, 5.74) is 2.56. The van der Waals surface area contributed by atoms with Gasteiger partial charge in [0.15, 0.2) is 0 Å². The van der Waals surface area contributed by atoms with Crippen LogP contribution in [0.3, 0.4) is 0 Å². The molecule has 2 heterocycles. The molecule has 1 aliphatic heterocycles. The number of furan rings is 1. The monoisotopic (exact) mass is 425 g/mol. The first-order chi connectivity index (χ1) is 14.3. The number of anilines is 1. The zero-order chi connectivity index (χ0) is 21.4. The third-order valence-corrected chi connectivity index (χ3v) is 4.56. The molecule has 0 unspecified atom stereocenters. The van der Waals surface area contributed by atoms with E-state index in [2.05, 4.69) is 5.43 Å². The van der Waals surface area contributed by atoms with Crippen molar-refractivity contribution in [3.8, 4) is 17.1 Å². The van der Waals surface area contributed by atoms with Crippen molar-refractivity contribution in [3.63, 3.8) is 0 Å². The van der Waals surface area contributed by atoms with Crippen LogP contribution < -0.4 is 10.4 Å². The van der Waals surface area contributed by atoms with Crippen LogP contribution in [0.5, 0.6) is 5.75 Å². The molecule has 0 saturated carbocycles. The minimum absolute atomic E-state index is 0.108. The van der Waals surface area contributed by atoms with Crippen molar-refractivity contribution in [3.05, 3.63) is 81.1 Å². The Morgan fingerprint density at radius 2 is 1.93 bits per heavy atom. The fourth-order valence-electron chi connectivity index (χ4n) is 2.91. The second-order valence-corrected chi connectivity index (χ2v) is 6.72. The molecule has 3 aromatic rings. The number of nitro benzene ring substituents is 1. The summed E-state index contributed by atoms with van der Waals surface area (Å²) in [5, 5.41) is 22.4. The van der Waals surface area contributed by atoms with E-state index in [9.17, 15) is 24.8 Å². The molecule has 2 aromatic carbocycles. The third kappa shape index (κ3) is 3.49. The largest absolute Gasteiger partial charge is 0.507 e. The minimum Gasteiger partial charge on any atom is -0.507 e. The molecule has 2 N–H and O–H groups in total. The number of hydrogen-bond acceptors (Lipinski definition) is 6. The highest BCUT2D eigenvalue weighted by molar-refractivity contribution is 6.33. The van der Waals surface area contributed by atoms with Crippen LogP contribution in [-0.4, -0.2) is 21.8 Å². The van der Waals surface area contributed by atoms with E-state index >= 15 is 0 Å². The molecular formula is C20H12ClN3O6. The summed E-state index contributed by atoms with van der Waals surface area (Å²) in [5.74, 6) is -1.14. The van der Waals surface area contributed by atoms with E-state index in [1.54, 1.807) is 18.2 Å². The average Bonchev–Trinajstić information content (AvgIpc) is 3.28. The minimum atomic E-state index is -0.629. The van der Waals surface area contributed by atoms with Gasteiger partial charge in [0.05, 0.1) is 16.2 Å². The summed E-state index contributed by atoms with van der Waals surface area (Å²) >= 11 is 5.94. The SMILES string of the molecule is O=C1NN(c2cccc(Cl)c2)C(=O)/C1=C/c1ccc(-c2cc([N+](=O)[O-])ccc2O)o1. The number of non-ortho nitro benzene ring substituents is 1. The Morgan fingerprint density at radius 3 is 2.67 bits per heavy atom. The number of hydrogen-bond donors (Lipinski definition) is 2. The lowest BCUT2D eigenvalue weighted by Gasteiger charge is -2.14. The predicted molar refractivity (Wildman–Crippen MR) is 108 cm³/mol. The van der Waals surface area contributed by atoms with Crippen molar-refractivity contribution in [2.45, 2.75) is 0 Å². The highest BCUT2D eigenvalue weighted by Gasteiger charge is 2.34. The van der Waals surface area contributed by atoms with Crippen LogP contribution in [0.4, 0.5) is 11.4 Å². The Balaban J connectivity index is 1.65. The number of nitrogens with one attached hydrogen (secondary N) is 1. The number of carbonyl (C=O) groups excluding carboxylic acids is 2. The molecule has 1 saturated heterocycles. The van der Waals surface area contributed by atoms with Gasteiger partial charge in [0.1, 0.15) is 22.8 Å². The number of aromatic hydroxyl groups is 1. The molecule has 0 atom stereocenters. The van der Waals surface area contributed by atoms with E-state index in [0.29, 0.717) is 10.7 Å². The first kappa shape index (κ1) is 19.2. The molecule has 10 heteroatoms. The summed E-state index contributed by atoms with van der Waals surface area (Å²) < 4.78 is 5.57. The van der Waals surface area contributed by atoms with Gasteiger partial charge >= 0.3 is 0 Å². The standard InChI is InChI=1S/C20H12ClN3O6/c21-11-2-1-3-12(8-11)23-20(27)16(19(26)22-23)10-14-5-7-18(30-14)15-9-13(24(28)29)4-6-17(15)25/h1-10,25H,(H,22,26)/b16-10+. The van der Waals surface area contributed by atoms with Gasteiger partial charge in [0, 0.05) is 17.2 Å². The van der Waals surface area contributed by atoms with Crippen molar-refractivity contribution in [2.24, 2.45) is 0 Å². The Bertz CT molecular complexity index is 1230. The molecule has 2 amide bonds. The van der Waals surface area contributed by atoms with Gasteiger partial charge in [0.2, 0.25) is 0 Å². The fraction of sp³-hybridized carbons (Fsp3) is 0. The third-order valence-electron chi connectivity index (χ3n) is 4.33. The Labute approximate surface area is 173 Å². The van der Waals surface area contributed by atoms with Gasteiger partial charge < -0.3 is 9.52 Å². The van der Waals surface area contributed by atoms with Crippen molar-refractivity contribution in [1.29, 1.82) is 0 Å². The van der Waals surface area contributed by atoms with Gasteiger partial charge in [-0.25, -0.2) is 5.01 Å². The highest BCUT2D eigenvalue weighted by atomic mass is 35.5. The van der Waals surface area contributed by atoms with E-state index in [4.69, 9.17) is 16.0 Å². The summed E-state index contributed by atoms with van der Waals surface area (Å²) in [6.07, 6.45) is 1.25. The predicted octanol–water partition coefficient (Wildman–Crippen LogP) is 3.68. The molecule has 9 nitrogen and oxygen atoms in total. The van der Waals surface area contributed by atoms with Gasteiger partial charge in [0.25, 0.3) is 17.5 Å². The molecule has 0 aliphatic carbocycles. The zero-order valence-corrected chi connectivity index (χ0v) is 15.8. The number of nitro groups is 1. The smallest absolute Gasteiger partial charge is 0.282 e. The van der Waals surface area contributed by atoms with Crippen molar-refractivity contribution < 1.29 is 24.0 Å². The highest BCUT2D eigenvalue weighted by Crippen LogP contribution is 2.34. The van der Waals surface area contributed by atoms with Crippen LogP contribution in [0, 0.1) is 10.1 Å². The van der Waals surface area contributed by atoms with Crippen molar-refractivity contribution in [1.82, 2.24) is 5.43 Å². The number of phenols is 1. The molecule has 30 heavy (non-hydrogen) atoms. The molecular weight excluding hydrogens is 414 g/mol. The molecule has 1 aliphatic rings. The van der Waals surface area contributed by atoms with Gasteiger partial charge in [-0.1, -0.05) is 17.7 Å². The topological polar surface area (TPSA) is 126 Å². The quantitative estimate of drug-likeness (QED) is 0.284. The van der Waals surface area contributed by atoms with Crippen molar-refractivity contribution >= 4 is 40.9 Å². The van der Waals surface area contributed by atoms with Gasteiger partial charge in [-0.2, -0.15) is 0 Å². The molecule has 4 rings (SSSR count). The maximum Gasteiger partial charge on any atom is 0.282 e. The lowest BCUT2D eigenvalue weighted by molar-refractivity contribution is -0.384. The van der Waals surface area contributed by atoms with Gasteiger partial charge in [-0.15, -0.1) is 0 Å². The maximum absolute atomic E-state index is 12.7. The molecule has 0 bridgehead atoms. The Hall–Kier alpha value is -4.11. The van der Waals surface area contributed by atoms with E-state index in [0.717, 1.165) is 11.1 Å². The second kappa shape index (κ2) is 7.37. The average molecular weight is 426 g/mol. The molecule has 1 fully saturated rings. The zero-order valence-electron chi connectivity index (χ0n) is 15.0. The fourth-order valence-corrected chi connectivity index (χ4v) is 3.09. The van der Waals surface area contributed by atoms with Gasteiger partial charge in [-0.05, 0) is 42.5 Å². The lowest BCUT2D eigenvalue weighted by atomic mass is 10.1. The second-order valence-electron chi connectivity index (χ2n) is 6.28. The molecule has 0 radical (unpaired) electrons. The van der Waals surface area contributed by atoms with Crippen LogP contribution in [0.2, 0.25) is 5.02 Å². The van der Waals surface area contributed by atoms with Crippen LogP contribution in [0.1, 0.15) is 5.76 Å². The summed E-state index contributed by atoms with van der Waals surface area (Å²) in [4.78, 5) is 35.3. The van der Waals surface area contributed by atoms with Gasteiger partial charge in [-0.3, -0.25) is 25.1 Å². The van der Waals surface area contributed by atoms with E-state index in [-0.39, 0.29) is 34.1 Å². The Morgan fingerprint density at radius 1 is 1.13 bits per heavy atom. The number of nitrogens with zero attached hydrogens (tertiary/aromatic N) is 2. The van der Waals surface area contributed by atoms with Crippen LogP contribution >= 0.6 is 11.6 Å². The number of carbonyl (C=O) groups is 2. The normalized spacial score (nSPS) is 15.0. The summed E-state index contributed by atoms with van der Waals surface area (Å²) in [6.45, 7) is 0. The number of benzene rings is 2.